The summed E-state index contributed by atoms with van der Waals surface area (Å²) in [5, 5.41) is 0. The van der Waals surface area contributed by atoms with Gasteiger partial charge in [-0.2, -0.15) is 0 Å². The molecule has 0 saturated heterocycles. The Morgan fingerprint density at radius 2 is 2.16 bits per heavy atom. The molecule has 19 heavy (non-hydrogen) atoms. The van der Waals surface area contributed by atoms with Crippen molar-refractivity contribution >= 4 is 11.8 Å². The standard InChI is InChI=1S/C15H17N3O/c1-6-18-11(4)14(17-15(18)10(2)3)12-7-8-13(19-5)16-9-12/h6-9H,1-2H2,3-5H3. The van der Waals surface area contributed by atoms with Crippen molar-refractivity contribution in [2.75, 3.05) is 7.11 Å². The molecule has 0 unspecified atom stereocenters. The zero-order chi connectivity index (χ0) is 14.0. The van der Waals surface area contributed by atoms with E-state index in [1.165, 1.54) is 0 Å². The molecular weight excluding hydrogens is 238 g/mol. The predicted octanol–water partition coefficient (Wildman–Crippen LogP) is 3.40. The van der Waals surface area contributed by atoms with Crippen LogP contribution in [0.2, 0.25) is 0 Å². The smallest absolute Gasteiger partial charge is 0.212 e. The Bertz CT molecular complexity index is 624. The van der Waals surface area contributed by atoms with Crippen LogP contribution in [-0.4, -0.2) is 21.6 Å². The molecule has 98 valence electrons. The van der Waals surface area contributed by atoms with Gasteiger partial charge in [0.15, 0.2) is 0 Å². The highest BCUT2D eigenvalue weighted by molar-refractivity contribution is 5.68. The van der Waals surface area contributed by atoms with Crippen molar-refractivity contribution in [3.05, 3.63) is 43.0 Å². The van der Waals surface area contributed by atoms with Crippen LogP contribution in [0.4, 0.5) is 0 Å². The Morgan fingerprint density at radius 3 is 2.58 bits per heavy atom. The first kappa shape index (κ1) is 13.1. The van der Waals surface area contributed by atoms with Gasteiger partial charge in [0.05, 0.1) is 12.8 Å². The Hall–Kier alpha value is -2.36. The van der Waals surface area contributed by atoms with E-state index in [0.717, 1.165) is 28.3 Å². The number of imidazole rings is 1. The summed E-state index contributed by atoms with van der Waals surface area (Å²) >= 11 is 0. The molecule has 2 aromatic heterocycles. The first-order valence-corrected chi connectivity index (χ1v) is 5.96. The van der Waals surface area contributed by atoms with Gasteiger partial charge in [0, 0.05) is 29.7 Å². The molecule has 0 fully saturated rings. The van der Waals surface area contributed by atoms with Gasteiger partial charge in [-0.05, 0) is 25.5 Å². The summed E-state index contributed by atoms with van der Waals surface area (Å²) in [6.07, 6.45) is 3.50. The van der Waals surface area contributed by atoms with Gasteiger partial charge >= 0.3 is 0 Å². The summed E-state index contributed by atoms with van der Waals surface area (Å²) in [5.41, 5.74) is 3.74. The van der Waals surface area contributed by atoms with Gasteiger partial charge in [-0.1, -0.05) is 13.2 Å². The number of aromatic nitrogens is 3. The summed E-state index contributed by atoms with van der Waals surface area (Å²) in [5.74, 6) is 1.41. The van der Waals surface area contributed by atoms with Gasteiger partial charge in [-0.25, -0.2) is 9.97 Å². The summed E-state index contributed by atoms with van der Waals surface area (Å²) in [6, 6.07) is 3.76. The number of ether oxygens (including phenoxy) is 1. The Morgan fingerprint density at radius 1 is 1.42 bits per heavy atom. The van der Waals surface area contributed by atoms with E-state index in [4.69, 9.17) is 4.74 Å². The molecule has 0 aliphatic carbocycles. The second kappa shape index (κ2) is 5.10. The second-order valence-corrected chi connectivity index (χ2v) is 4.29. The monoisotopic (exact) mass is 255 g/mol. The molecule has 0 radical (unpaired) electrons. The molecule has 2 aromatic rings. The van der Waals surface area contributed by atoms with Crippen molar-refractivity contribution in [3.8, 4) is 17.1 Å². The third-order valence-corrected chi connectivity index (χ3v) is 2.93. The van der Waals surface area contributed by atoms with Crippen LogP contribution < -0.4 is 4.74 Å². The lowest BCUT2D eigenvalue weighted by atomic mass is 10.2. The van der Waals surface area contributed by atoms with Crippen LogP contribution >= 0.6 is 0 Å². The van der Waals surface area contributed by atoms with Gasteiger partial charge in [0.2, 0.25) is 5.88 Å². The first-order chi connectivity index (χ1) is 9.08. The maximum Gasteiger partial charge on any atom is 0.212 e. The van der Waals surface area contributed by atoms with Gasteiger partial charge in [-0.3, -0.25) is 0 Å². The normalized spacial score (nSPS) is 10.3. The summed E-state index contributed by atoms with van der Waals surface area (Å²) in [4.78, 5) is 8.82. The van der Waals surface area contributed by atoms with Crippen LogP contribution in [-0.2, 0) is 0 Å². The number of pyridine rings is 1. The highest BCUT2D eigenvalue weighted by Crippen LogP contribution is 2.26. The number of methoxy groups -OCH3 is 1. The highest BCUT2D eigenvalue weighted by Gasteiger charge is 2.14. The average molecular weight is 255 g/mol. The molecule has 4 nitrogen and oxygen atoms in total. The average Bonchev–Trinajstić information content (AvgIpc) is 2.76. The van der Waals surface area contributed by atoms with E-state index < -0.39 is 0 Å². The van der Waals surface area contributed by atoms with Crippen molar-refractivity contribution in [1.82, 2.24) is 14.5 Å². The summed E-state index contributed by atoms with van der Waals surface area (Å²) < 4.78 is 6.99. The van der Waals surface area contributed by atoms with Gasteiger partial charge in [0.25, 0.3) is 0 Å². The topological polar surface area (TPSA) is 39.9 Å². The number of rotatable bonds is 4. The third kappa shape index (κ3) is 2.29. The molecule has 0 N–H and O–H groups in total. The van der Waals surface area contributed by atoms with Crippen molar-refractivity contribution in [2.24, 2.45) is 0 Å². The molecule has 0 spiro atoms. The molecule has 0 amide bonds. The van der Waals surface area contributed by atoms with Crippen LogP contribution in [0.25, 0.3) is 23.0 Å². The fourth-order valence-corrected chi connectivity index (χ4v) is 1.95. The van der Waals surface area contributed by atoms with Crippen LogP contribution in [0.15, 0.2) is 31.5 Å². The molecule has 0 aromatic carbocycles. The van der Waals surface area contributed by atoms with Crippen LogP contribution in [0.3, 0.4) is 0 Å². The summed E-state index contributed by atoms with van der Waals surface area (Å²) in [6.45, 7) is 11.7. The zero-order valence-electron chi connectivity index (χ0n) is 11.5. The van der Waals surface area contributed by atoms with E-state index in [-0.39, 0.29) is 0 Å². The van der Waals surface area contributed by atoms with Crippen molar-refractivity contribution < 1.29 is 4.74 Å². The van der Waals surface area contributed by atoms with E-state index in [9.17, 15) is 0 Å². The van der Waals surface area contributed by atoms with E-state index in [0.29, 0.717) is 5.88 Å². The SMILES string of the molecule is C=Cn1c(C(=C)C)nc(-c2ccc(OC)nc2)c1C. The van der Waals surface area contributed by atoms with Crippen molar-refractivity contribution in [1.29, 1.82) is 0 Å². The quantitative estimate of drug-likeness (QED) is 0.840. The molecule has 4 heteroatoms. The Kier molecular flexibility index (Phi) is 3.51. The van der Waals surface area contributed by atoms with E-state index in [1.54, 1.807) is 19.5 Å². The molecule has 0 aliphatic rings. The molecule has 0 atom stereocenters. The summed E-state index contributed by atoms with van der Waals surface area (Å²) in [7, 11) is 1.60. The van der Waals surface area contributed by atoms with Crippen molar-refractivity contribution in [3.63, 3.8) is 0 Å². The molecule has 0 saturated carbocycles. The molecule has 0 aliphatic heterocycles. The number of hydrogen-bond acceptors (Lipinski definition) is 3. The maximum atomic E-state index is 5.06. The van der Waals surface area contributed by atoms with E-state index in [2.05, 4.69) is 23.1 Å². The fraction of sp³-hybridized carbons (Fsp3) is 0.200. The molecule has 2 rings (SSSR count). The number of nitrogens with zero attached hydrogens (tertiary/aromatic N) is 3. The lowest BCUT2D eigenvalue weighted by molar-refractivity contribution is 0.398. The van der Waals surface area contributed by atoms with Crippen LogP contribution in [0.1, 0.15) is 18.4 Å². The molecule has 2 heterocycles. The lowest BCUT2D eigenvalue weighted by Crippen LogP contribution is -1.94. The minimum absolute atomic E-state index is 0.588. The minimum atomic E-state index is 0.588. The van der Waals surface area contributed by atoms with Crippen LogP contribution in [0, 0.1) is 6.92 Å². The second-order valence-electron chi connectivity index (χ2n) is 4.29. The van der Waals surface area contributed by atoms with Gasteiger partial charge in [0.1, 0.15) is 5.82 Å². The van der Waals surface area contributed by atoms with Gasteiger partial charge in [-0.15, -0.1) is 0 Å². The predicted molar refractivity (Wildman–Crippen MR) is 77.8 cm³/mol. The number of hydrogen-bond donors (Lipinski definition) is 0. The molecule has 0 bridgehead atoms. The lowest BCUT2D eigenvalue weighted by Gasteiger charge is -2.03. The molecular formula is C15H17N3O. The van der Waals surface area contributed by atoms with Crippen molar-refractivity contribution in [2.45, 2.75) is 13.8 Å². The van der Waals surface area contributed by atoms with Gasteiger partial charge < -0.3 is 9.30 Å². The third-order valence-electron chi connectivity index (χ3n) is 2.93. The fourth-order valence-electron chi connectivity index (χ4n) is 1.95. The zero-order valence-corrected chi connectivity index (χ0v) is 11.5. The van der Waals surface area contributed by atoms with Crippen LogP contribution in [0.5, 0.6) is 5.88 Å². The Balaban J connectivity index is 2.55. The Labute approximate surface area is 113 Å². The maximum absolute atomic E-state index is 5.06. The largest absolute Gasteiger partial charge is 0.481 e. The number of allylic oxidation sites excluding steroid dienone is 1. The first-order valence-electron chi connectivity index (χ1n) is 5.96. The van der Waals surface area contributed by atoms with E-state index in [1.807, 2.05) is 30.5 Å². The van der Waals surface area contributed by atoms with E-state index >= 15 is 0 Å². The highest BCUT2D eigenvalue weighted by atomic mass is 16.5. The minimum Gasteiger partial charge on any atom is -0.481 e.